The van der Waals surface area contributed by atoms with Gasteiger partial charge in [-0.2, -0.15) is 0 Å². The van der Waals surface area contributed by atoms with E-state index in [0.717, 1.165) is 30.0 Å². The zero-order valence-corrected chi connectivity index (χ0v) is 11.7. The minimum atomic E-state index is 0.562. The van der Waals surface area contributed by atoms with Crippen molar-refractivity contribution < 1.29 is 4.74 Å². The van der Waals surface area contributed by atoms with Crippen LogP contribution < -0.4 is 10.1 Å². The highest BCUT2D eigenvalue weighted by Crippen LogP contribution is 2.31. The van der Waals surface area contributed by atoms with Crippen molar-refractivity contribution in [3.8, 4) is 17.0 Å². The molecule has 0 saturated carbocycles. The summed E-state index contributed by atoms with van der Waals surface area (Å²) in [6.45, 7) is 2.96. The number of hydrogen-bond donors (Lipinski definition) is 1. The molecule has 0 radical (unpaired) electrons. The summed E-state index contributed by atoms with van der Waals surface area (Å²) in [5.74, 6) is 1.42. The molecule has 0 aliphatic carbocycles. The van der Waals surface area contributed by atoms with Crippen LogP contribution in [0.2, 0.25) is 5.02 Å². The van der Waals surface area contributed by atoms with Gasteiger partial charge in [0.1, 0.15) is 11.4 Å². The van der Waals surface area contributed by atoms with Crippen LogP contribution in [0, 0.1) is 0 Å². The van der Waals surface area contributed by atoms with Gasteiger partial charge < -0.3 is 10.1 Å². The average Bonchev–Trinajstić information content (AvgIpc) is 2.45. The highest BCUT2D eigenvalue weighted by molar-refractivity contribution is 6.32. The van der Waals surface area contributed by atoms with Crippen molar-refractivity contribution in [1.29, 1.82) is 0 Å². The average molecular weight is 278 g/mol. The van der Waals surface area contributed by atoms with Crippen LogP contribution in [0.3, 0.4) is 0 Å². The maximum atomic E-state index is 6.14. The molecule has 0 bridgehead atoms. The maximum Gasteiger partial charge on any atom is 0.152 e. The molecule has 2 aromatic rings. The van der Waals surface area contributed by atoms with E-state index in [1.165, 1.54) is 0 Å². The number of nitrogens with zero attached hydrogens (tertiary/aromatic N) is 2. The topological polar surface area (TPSA) is 47.0 Å². The molecule has 0 unspecified atom stereocenters. The lowest BCUT2D eigenvalue weighted by atomic mass is 10.1. The molecule has 0 spiro atoms. The Morgan fingerprint density at radius 3 is 2.74 bits per heavy atom. The quantitative estimate of drug-likeness (QED) is 0.907. The van der Waals surface area contributed by atoms with Crippen LogP contribution in [0.25, 0.3) is 11.3 Å². The first-order valence-corrected chi connectivity index (χ1v) is 6.52. The number of hydrogen-bond acceptors (Lipinski definition) is 4. The van der Waals surface area contributed by atoms with Crippen molar-refractivity contribution in [2.75, 3.05) is 19.0 Å². The second kappa shape index (κ2) is 6.38. The van der Waals surface area contributed by atoms with Crippen LogP contribution >= 0.6 is 11.6 Å². The first-order valence-electron chi connectivity index (χ1n) is 6.15. The number of rotatable bonds is 5. The van der Waals surface area contributed by atoms with Gasteiger partial charge in [-0.25, -0.2) is 4.98 Å². The summed E-state index contributed by atoms with van der Waals surface area (Å²) in [6, 6.07) is 5.59. The third-order valence-corrected chi connectivity index (χ3v) is 2.96. The van der Waals surface area contributed by atoms with Gasteiger partial charge in [0.15, 0.2) is 5.82 Å². The van der Waals surface area contributed by atoms with Crippen LogP contribution in [0.4, 0.5) is 5.82 Å². The van der Waals surface area contributed by atoms with Gasteiger partial charge in [-0.3, -0.25) is 4.98 Å². The summed E-state index contributed by atoms with van der Waals surface area (Å²) in [5.41, 5.74) is 1.71. The lowest BCUT2D eigenvalue weighted by Gasteiger charge is -2.10. The summed E-state index contributed by atoms with van der Waals surface area (Å²) in [6.07, 6.45) is 4.37. The minimum Gasteiger partial charge on any atom is -0.495 e. The van der Waals surface area contributed by atoms with E-state index in [9.17, 15) is 0 Å². The summed E-state index contributed by atoms with van der Waals surface area (Å²) in [7, 11) is 1.59. The Balaban J connectivity index is 2.38. The number of nitrogens with one attached hydrogen (secondary N) is 1. The van der Waals surface area contributed by atoms with E-state index in [-0.39, 0.29) is 0 Å². The summed E-state index contributed by atoms with van der Waals surface area (Å²) >= 11 is 6.14. The maximum absolute atomic E-state index is 6.14. The zero-order valence-electron chi connectivity index (χ0n) is 11.0. The normalized spacial score (nSPS) is 10.3. The number of benzene rings is 1. The van der Waals surface area contributed by atoms with E-state index in [2.05, 4.69) is 22.2 Å². The molecule has 19 heavy (non-hydrogen) atoms. The van der Waals surface area contributed by atoms with Crippen molar-refractivity contribution in [3.63, 3.8) is 0 Å². The Morgan fingerprint density at radius 1 is 1.26 bits per heavy atom. The van der Waals surface area contributed by atoms with E-state index in [1.54, 1.807) is 19.5 Å². The standard InChI is InChI=1S/C14H16ClN3O/c1-3-6-17-14-13(16-7-8-18-14)10-4-5-12(19-2)11(15)9-10/h4-5,7-9H,3,6H2,1-2H3,(H,17,18). The molecule has 5 heteroatoms. The number of anilines is 1. The number of methoxy groups -OCH3 is 1. The highest BCUT2D eigenvalue weighted by atomic mass is 35.5. The molecule has 1 aromatic heterocycles. The molecular formula is C14H16ClN3O. The molecule has 100 valence electrons. The van der Waals surface area contributed by atoms with Gasteiger partial charge in [-0.05, 0) is 24.6 Å². The summed E-state index contributed by atoms with van der Waals surface area (Å²) < 4.78 is 5.15. The van der Waals surface area contributed by atoms with E-state index in [0.29, 0.717) is 10.8 Å². The van der Waals surface area contributed by atoms with Crippen molar-refractivity contribution >= 4 is 17.4 Å². The van der Waals surface area contributed by atoms with Crippen LogP contribution in [0.1, 0.15) is 13.3 Å². The fourth-order valence-electron chi connectivity index (χ4n) is 1.74. The molecule has 1 heterocycles. The lowest BCUT2D eigenvalue weighted by molar-refractivity contribution is 0.415. The predicted molar refractivity (Wildman–Crippen MR) is 77.8 cm³/mol. The summed E-state index contributed by atoms with van der Waals surface area (Å²) in [4.78, 5) is 8.69. The van der Waals surface area contributed by atoms with Crippen LogP contribution in [-0.2, 0) is 0 Å². The van der Waals surface area contributed by atoms with Gasteiger partial charge in [-0.15, -0.1) is 0 Å². The number of aromatic nitrogens is 2. The predicted octanol–water partition coefficient (Wildman–Crippen LogP) is 3.63. The van der Waals surface area contributed by atoms with Gasteiger partial charge in [-0.1, -0.05) is 18.5 Å². The Kier molecular flexibility index (Phi) is 4.58. The second-order valence-electron chi connectivity index (χ2n) is 4.03. The Morgan fingerprint density at radius 2 is 2.05 bits per heavy atom. The molecule has 0 aliphatic rings. The molecule has 0 amide bonds. The van der Waals surface area contributed by atoms with Gasteiger partial charge in [0, 0.05) is 24.5 Å². The molecular weight excluding hydrogens is 262 g/mol. The molecule has 0 fully saturated rings. The molecule has 1 N–H and O–H groups in total. The van der Waals surface area contributed by atoms with Crippen LogP contribution in [0.15, 0.2) is 30.6 Å². The lowest BCUT2D eigenvalue weighted by Crippen LogP contribution is -2.04. The number of ether oxygens (including phenoxy) is 1. The first kappa shape index (κ1) is 13.6. The third-order valence-electron chi connectivity index (χ3n) is 2.67. The van der Waals surface area contributed by atoms with Crippen LogP contribution in [-0.4, -0.2) is 23.6 Å². The monoisotopic (exact) mass is 277 g/mol. The van der Waals surface area contributed by atoms with Crippen molar-refractivity contribution in [2.45, 2.75) is 13.3 Å². The fourth-order valence-corrected chi connectivity index (χ4v) is 1.99. The largest absolute Gasteiger partial charge is 0.495 e. The molecule has 0 aliphatic heterocycles. The SMILES string of the molecule is CCCNc1nccnc1-c1ccc(OC)c(Cl)c1. The highest BCUT2D eigenvalue weighted by Gasteiger charge is 2.09. The zero-order chi connectivity index (χ0) is 13.7. The van der Waals surface area contributed by atoms with Gasteiger partial charge in [0.05, 0.1) is 12.1 Å². The van der Waals surface area contributed by atoms with E-state index in [1.807, 2.05) is 18.2 Å². The van der Waals surface area contributed by atoms with E-state index in [4.69, 9.17) is 16.3 Å². The van der Waals surface area contributed by atoms with Gasteiger partial charge >= 0.3 is 0 Å². The van der Waals surface area contributed by atoms with Gasteiger partial charge in [0.25, 0.3) is 0 Å². The second-order valence-corrected chi connectivity index (χ2v) is 4.44. The van der Waals surface area contributed by atoms with E-state index < -0.39 is 0 Å². The van der Waals surface area contributed by atoms with Crippen molar-refractivity contribution in [1.82, 2.24) is 9.97 Å². The third kappa shape index (κ3) is 3.15. The number of halogens is 1. The fraction of sp³-hybridized carbons (Fsp3) is 0.286. The summed E-state index contributed by atoms with van der Waals surface area (Å²) in [5, 5.41) is 3.82. The molecule has 0 atom stereocenters. The minimum absolute atomic E-state index is 0.562. The van der Waals surface area contributed by atoms with Crippen molar-refractivity contribution in [3.05, 3.63) is 35.6 Å². The molecule has 4 nitrogen and oxygen atoms in total. The first-order chi connectivity index (χ1) is 9.26. The van der Waals surface area contributed by atoms with E-state index >= 15 is 0 Å². The Hall–Kier alpha value is -1.81. The van der Waals surface area contributed by atoms with Crippen molar-refractivity contribution in [2.24, 2.45) is 0 Å². The Bertz CT molecular complexity index is 560. The smallest absolute Gasteiger partial charge is 0.152 e. The van der Waals surface area contributed by atoms with Crippen LogP contribution in [0.5, 0.6) is 5.75 Å². The van der Waals surface area contributed by atoms with Gasteiger partial charge in [0.2, 0.25) is 0 Å². The molecule has 2 rings (SSSR count). The Labute approximate surface area is 117 Å². The molecule has 1 aromatic carbocycles. The molecule has 0 saturated heterocycles.